The van der Waals surface area contributed by atoms with Crippen molar-refractivity contribution in [3.8, 4) is 0 Å². The van der Waals surface area contributed by atoms with Gasteiger partial charge < -0.3 is 0 Å². The van der Waals surface area contributed by atoms with E-state index in [2.05, 4.69) is 0 Å². The van der Waals surface area contributed by atoms with Gasteiger partial charge in [-0.3, -0.25) is 0 Å². The van der Waals surface area contributed by atoms with E-state index in [0.717, 1.165) is 0 Å². The topological polar surface area (TPSA) is 0 Å². The minimum absolute atomic E-state index is 3.12. The molecule has 0 radical (unpaired) electrons. The van der Waals surface area contributed by atoms with Crippen molar-refractivity contribution < 1.29 is 22.0 Å². The van der Waals surface area contributed by atoms with Gasteiger partial charge in [0.25, 0.3) is 6.43 Å². The van der Waals surface area contributed by atoms with Gasteiger partial charge >= 0.3 is 12.2 Å². The second-order valence-electron chi connectivity index (χ2n) is 1.90. The Morgan fingerprint density at radius 1 is 1.00 bits per heavy atom. The molecule has 0 saturated carbocycles. The third-order valence-corrected chi connectivity index (χ3v) is 4.36. The van der Waals surface area contributed by atoms with Crippen LogP contribution in [0.5, 0.6) is 0 Å². The Kier molecular flexibility index (Phi) is 4.09. The Labute approximate surface area is 79.7 Å². The van der Waals surface area contributed by atoms with Crippen LogP contribution in [0.4, 0.5) is 22.0 Å². The maximum atomic E-state index is 11.8. The van der Waals surface area contributed by atoms with Gasteiger partial charge in [-0.25, -0.2) is 8.78 Å². The van der Waals surface area contributed by atoms with Gasteiger partial charge in [0.05, 0.1) is 0 Å². The summed E-state index contributed by atoms with van der Waals surface area (Å²) in [5.74, 6) is 0. The van der Waals surface area contributed by atoms with Crippen molar-refractivity contribution in [3.63, 3.8) is 0 Å². The van der Waals surface area contributed by atoms with Gasteiger partial charge in [0, 0.05) is 0 Å². The van der Waals surface area contributed by atoms with E-state index in [-0.39, 0.29) is 0 Å². The molecule has 1 unspecified atom stereocenters. The Morgan fingerprint density at radius 2 is 1.33 bits per heavy atom. The normalized spacial score (nSPS) is 16.8. The molecule has 0 nitrogen and oxygen atoms in total. The van der Waals surface area contributed by atoms with E-state index in [1.165, 1.54) is 0 Å². The zero-order chi connectivity index (χ0) is 10.2. The average molecular weight is 267 g/mol. The lowest BCUT2D eigenvalue weighted by molar-refractivity contribution is -0.158. The molecule has 0 bridgehead atoms. The van der Waals surface area contributed by atoms with E-state index >= 15 is 0 Å². The lowest BCUT2D eigenvalue weighted by Crippen LogP contribution is -2.37. The molecular formula is C3H2Cl3F5Si. The smallest absolute Gasteiger partial charge is 0.210 e. The summed E-state index contributed by atoms with van der Waals surface area (Å²) < 4.78 is 58.8. The minimum atomic E-state index is -5.16. The third kappa shape index (κ3) is 3.63. The number of hydrogen-bond acceptors (Lipinski definition) is 0. The fourth-order valence-corrected chi connectivity index (χ4v) is 3.10. The first kappa shape index (κ1) is 12.7. The second kappa shape index (κ2) is 3.85. The van der Waals surface area contributed by atoms with E-state index in [9.17, 15) is 22.0 Å². The van der Waals surface area contributed by atoms with Crippen LogP contribution in [0.25, 0.3) is 0 Å². The Bertz CT molecular complexity index is 137. The molecule has 0 aromatic rings. The van der Waals surface area contributed by atoms with Crippen molar-refractivity contribution in [1.82, 2.24) is 0 Å². The number of hydrogen-bond donors (Lipinski definition) is 0. The van der Waals surface area contributed by atoms with Gasteiger partial charge in [-0.15, -0.1) is 33.2 Å². The van der Waals surface area contributed by atoms with Crippen LogP contribution in [0, 0.1) is 0 Å². The van der Waals surface area contributed by atoms with E-state index in [1.54, 1.807) is 0 Å². The van der Waals surface area contributed by atoms with Gasteiger partial charge in [0.1, 0.15) is 0 Å². The summed E-state index contributed by atoms with van der Waals surface area (Å²) in [7, 11) is 0. The predicted molar refractivity (Wildman–Crippen MR) is 39.1 cm³/mol. The standard InChI is InChI=1S/C3H2Cl3F5Si/c4-12(5,6)1(2(7)8)3(9,10)11/h1-2H. The quantitative estimate of drug-likeness (QED) is 0.405. The number of alkyl halides is 5. The van der Waals surface area contributed by atoms with E-state index in [0.29, 0.717) is 0 Å². The van der Waals surface area contributed by atoms with Gasteiger partial charge in [-0.05, 0) is 0 Å². The largest absolute Gasteiger partial charge is 0.398 e. The molecule has 12 heavy (non-hydrogen) atoms. The van der Waals surface area contributed by atoms with Crippen LogP contribution >= 0.6 is 33.2 Å². The highest BCUT2D eigenvalue weighted by molar-refractivity contribution is 7.65. The number of rotatable bonds is 2. The predicted octanol–water partition coefficient (Wildman–Crippen LogP) is 3.84. The molecule has 1 atom stereocenters. The maximum Gasteiger partial charge on any atom is 0.398 e. The summed E-state index contributed by atoms with van der Waals surface area (Å²) in [6, 6.07) is -4.44. The molecule has 9 heteroatoms. The highest BCUT2D eigenvalue weighted by Gasteiger charge is 2.59. The fourth-order valence-electron chi connectivity index (χ4n) is 0.471. The van der Waals surface area contributed by atoms with Crippen LogP contribution in [-0.4, -0.2) is 18.6 Å². The lowest BCUT2D eigenvalue weighted by atomic mass is 10.4. The number of halogens is 8. The summed E-state index contributed by atoms with van der Waals surface area (Å²) in [6.45, 7) is 0. The van der Waals surface area contributed by atoms with Gasteiger partial charge in [0.15, 0.2) is 5.54 Å². The Balaban J connectivity index is 4.70. The van der Waals surface area contributed by atoms with Gasteiger partial charge in [-0.2, -0.15) is 13.2 Å². The molecule has 0 aliphatic carbocycles. The molecule has 0 aliphatic rings. The van der Waals surface area contributed by atoms with E-state index in [1.807, 2.05) is 0 Å². The molecule has 0 aromatic heterocycles. The van der Waals surface area contributed by atoms with E-state index in [4.69, 9.17) is 33.2 Å². The molecule has 0 amide bonds. The molecular weight excluding hydrogens is 265 g/mol. The minimum Gasteiger partial charge on any atom is -0.210 e. The highest BCUT2D eigenvalue weighted by atomic mass is 35.8. The SMILES string of the molecule is FC(F)C(C(F)(F)F)[Si](Cl)(Cl)Cl. The highest BCUT2D eigenvalue weighted by Crippen LogP contribution is 2.48. The fraction of sp³-hybridized carbons (Fsp3) is 1.00. The van der Waals surface area contributed by atoms with Gasteiger partial charge in [0.2, 0.25) is 0 Å². The third-order valence-electron chi connectivity index (χ3n) is 0.957. The van der Waals surface area contributed by atoms with Crippen molar-refractivity contribution in [2.24, 2.45) is 0 Å². The Hall–Kier alpha value is 0.737. The van der Waals surface area contributed by atoms with Crippen LogP contribution in [-0.2, 0) is 0 Å². The molecule has 0 heterocycles. The first-order valence-electron chi connectivity index (χ1n) is 2.48. The molecule has 0 rings (SSSR count). The van der Waals surface area contributed by atoms with Crippen LogP contribution in [0.3, 0.4) is 0 Å². The first-order valence-corrected chi connectivity index (χ1v) is 7.59. The van der Waals surface area contributed by atoms with Crippen molar-refractivity contribution in [1.29, 1.82) is 0 Å². The van der Waals surface area contributed by atoms with Crippen molar-refractivity contribution >= 4 is 39.2 Å². The molecule has 0 aliphatic heterocycles. The van der Waals surface area contributed by atoms with Crippen molar-refractivity contribution in [2.45, 2.75) is 18.1 Å². The maximum absolute atomic E-state index is 11.8. The molecule has 0 N–H and O–H groups in total. The summed E-state index contributed by atoms with van der Waals surface area (Å²) >= 11 is 14.5. The monoisotopic (exact) mass is 266 g/mol. The Morgan fingerprint density at radius 3 is 1.33 bits per heavy atom. The van der Waals surface area contributed by atoms with Crippen LogP contribution in [0.1, 0.15) is 0 Å². The van der Waals surface area contributed by atoms with Crippen LogP contribution < -0.4 is 0 Å². The molecule has 0 saturated heterocycles. The first-order chi connectivity index (χ1) is 5.07. The molecule has 0 fully saturated rings. The summed E-state index contributed by atoms with van der Waals surface area (Å²) in [5, 5.41) is 0. The van der Waals surface area contributed by atoms with Crippen LogP contribution in [0.15, 0.2) is 0 Å². The van der Waals surface area contributed by atoms with Crippen molar-refractivity contribution in [3.05, 3.63) is 0 Å². The summed E-state index contributed by atoms with van der Waals surface area (Å²) in [4.78, 5) is 0. The second-order valence-corrected chi connectivity index (χ2v) is 10.7. The zero-order valence-electron chi connectivity index (χ0n) is 5.18. The summed E-state index contributed by atoms with van der Waals surface area (Å²) in [5.41, 5.74) is -3.12. The van der Waals surface area contributed by atoms with Gasteiger partial charge in [-0.1, -0.05) is 0 Å². The summed E-state index contributed by atoms with van der Waals surface area (Å²) in [6.07, 6.45) is -8.85. The molecule has 0 aromatic carbocycles. The van der Waals surface area contributed by atoms with Crippen LogP contribution in [0.2, 0.25) is 5.54 Å². The van der Waals surface area contributed by atoms with Crippen molar-refractivity contribution in [2.75, 3.05) is 0 Å². The lowest BCUT2D eigenvalue weighted by Gasteiger charge is -2.23. The average Bonchev–Trinajstić information content (AvgIpc) is 1.49. The molecule has 0 spiro atoms. The zero-order valence-corrected chi connectivity index (χ0v) is 8.45. The van der Waals surface area contributed by atoms with E-state index < -0.39 is 24.1 Å². The molecule has 74 valence electrons.